The monoisotopic (exact) mass is 279 g/mol. The number of rotatable bonds is 2. The summed E-state index contributed by atoms with van der Waals surface area (Å²) in [5.74, 6) is 0.301. The third kappa shape index (κ3) is 2.58. The molecule has 6 heteroatoms. The lowest BCUT2D eigenvalue weighted by Gasteiger charge is -2.35. The average molecular weight is 279 g/mol. The second kappa shape index (κ2) is 5.54. The van der Waals surface area contributed by atoms with E-state index in [4.69, 9.17) is 9.47 Å². The van der Waals surface area contributed by atoms with Crippen LogP contribution in [0.5, 0.6) is 0 Å². The largest absolute Gasteiger partial charge is 0.381 e. The van der Waals surface area contributed by atoms with E-state index in [0.29, 0.717) is 25.3 Å². The first-order valence-corrected chi connectivity index (χ1v) is 7.21. The number of hydrogen-bond donors (Lipinski definition) is 1. The van der Waals surface area contributed by atoms with Gasteiger partial charge in [-0.05, 0) is 20.3 Å². The molecule has 1 aromatic rings. The molecule has 0 radical (unpaired) electrons. The SMILES string of the molecule is C[C@@H]1CN(C(=O)c2cn[nH]c2[C@H]2CCOC2)C[C@@H](C)O1. The van der Waals surface area contributed by atoms with Crippen molar-refractivity contribution in [3.8, 4) is 0 Å². The highest BCUT2D eigenvalue weighted by Gasteiger charge is 2.31. The normalized spacial score (nSPS) is 30.7. The molecule has 20 heavy (non-hydrogen) atoms. The van der Waals surface area contributed by atoms with E-state index in [9.17, 15) is 4.79 Å². The second-order valence-electron chi connectivity index (χ2n) is 5.73. The van der Waals surface area contributed by atoms with E-state index in [2.05, 4.69) is 10.2 Å². The van der Waals surface area contributed by atoms with Crippen molar-refractivity contribution in [2.24, 2.45) is 0 Å². The molecule has 3 rings (SSSR count). The van der Waals surface area contributed by atoms with Crippen molar-refractivity contribution in [2.75, 3.05) is 26.3 Å². The number of nitrogens with one attached hydrogen (secondary N) is 1. The smallest absolute Gasteiger partial charge is 0.257 e. The maximum atomic E-state index is 12.7. The summed E-state index contributed by atoms with van der Waals surface area (Å²) in [5.41, 5.74) is 1.60. The Morgan fingerprint density at radius 1 is 1.40 bits per heavy atom. The number of H-pyrrole nitrogens is 1. The zero-order valence-corrected chi connectivity index (χ0v) is 12.0. The molecule has 0 aliphatic carbocycles. The predicted molar refractivity (Wildman–Crippen MR) is 72.7 cm³/mol. The molecule has 0 spiro atoms. The minimum atomic E-state index is 0.0441. The van der Waals surface area contributed by atoms with Gasteiger partial charge in [-0.1, -0.05) is 0 Å². The lowest BCUT2D eigenvalue weighted by molar-refractivity contribution is -0.0586. The van der Waals surface area contributed by atoms with E-state index >= 15 is 0 Å². The molecule has 3 heterocycles. The van der Waals surface area contributed by atoms with Crippen molar-refractivity contribution in [3.05, 3.63) is 17.5 Å². The molecule has 0 bridgehead atoms. The Balaban J connectivity index is 1.78. The molecule has 0 saturated carbocycles. The van der Waals surface area contributed by atoms with E-state index in [1.165, 1.54) is 0 Å². The van der Waals surface area contributed by atoms with Crippen LogP contribution in [-0.4, -0.2) is 59.5 Å². The van der Waals surface area contributed by atoms with Crippen molar-refractivity contribution in [3.63, 3.8) is 0 Å². The summed E-state index contributed by atoms with van der Waals surface area (Å²) in [6, 6.07) is 0. The lowest BCUT2D eigenvalue weighted by Crippen LogP contribution is -2.48. The second-order valence-corrected chi connectivity index (χ2v) is 5.73. The fourth-order valence-electron chi connectivity index (χ4n) is 3.05. The summed E-state index contributed by atoms with van der Waals surface area (Å²) in [7, 11) is 0. The third-order valence-corrected chi connectivity index (χ3v) is 3.94. The summed E-state index contributed by atoms with van der Waals surface area (Å²) >= 11 is 0. The Morgan fingerprint density at radius 3 is 2.80 bits per heavy atom. The topological polar surface area (TPSA) is 67.5 Å². The van der Waals surface area contributed by atoms with Crippen LogP contribution in [0.15, 0.2) is 6.20 Å². The van der Waals surface area contributed by atoms with Crippen LogP contribution in [0, 0.1) is 0 Å². The van der Waals surface area contributed by atoms with Gasteiger partial charge in [0.05, 0.1) is 36.3 Å². The van der Waals surface area contributed by atoms with E-state index in [1.807, 2.05) is 18.7 Å². The maximum Gasteiger partial charge on any atom is 0.257 e. The van der Waals surface area contributed by atoms with Gasteiger partial charge in [0.25, 0.3) is 5.91 Å². The Kier molecular flexibility index (Phi) is 3.76. The quantitative estimate of drug-likeness (QED) is 0.882. The first-order valence-electron chi connectivity index (χ1n) is 7.21. The molecule has 1 aromatic heterocycles. The van der Waals surface area contributed by atoms with Crippen LogP contribution < -0.4 is 0 Å². The third-order valence-electron chi connectivity index (χ3n) is 3.94. The fourth-order valence-corrected chi connectivity index (χ4v) is 3.05. The summed E-state index contributed by atoms with van der Waals surface area (Å²) in [5, 5.41) is 7.04. The van der Waals surface area contributed by atoms with Gasteiger partial charge in [0.1, 0.15) is 0 Å². The Labute approximate surface area is 118 Å². The van der Waals surface area contributed by atoms with Gasteiger partial charge in [-0.2, -0.15) is 5.10 Å². The van der Waals surface area contributed by atoms with Crippen LogP contribution in [0.1, 0.15) is 42.2 Å². The van der Waals surface area contributed by atoms with Gasteiger partial charge in [-0.15, -0.1) is 0 Å². The molecule has 1 amide bonds. The van der Waals surface area contributed by atoms with Crippen LogP contribution in [0.2, 0.25) is 0 Å². The predicted octanol–water partition coefficient (Wildman–Crippen LogP) is 1.16. The summed E-state index contributed by atoms with van der Waals surface area (Å²) in [6.45, 7) is 6.68. The minimum absolute atomic E-state index is 0.0441. The molecule has 1 N–H and O–H groups in total. The minimum Gasteiger partial charge on any atom is -0.381 e. The van der Waals surface area contributed by atoms with Gasteiger partial charge in [0.15, 0.2) is 0 Å². The number of aromatic nitrogens is 2. The van der Waals surface area contributed by atoms with Crippen LogP contribution >= 0.6 is 0 Å². The van der Waals surface area contributed by atoms with Gasteiger partial charge in [-0.3, -0.25) is 9.89 Å². The number of carbonyl (C=O) groups is 1. The number of ether oxygens (including phenoxy) is 2. The Bertz CT molecular complexity index is 472. The summed E-state index contributed by atoms with van der Waals surface area (Å²) < 4.78 is 11.1. The van der Waals surface area contributed by atoms with E-state index in [-0.39, 0.29) is 24.0 Å². The molecule has 110 valence electrons. The van der Waals surface area contributed by atoms with Crippen LogP contribution in [0.4, 0.5) is 0 Å². The molecule has 2 fully saturated rings. The maximum absolute atomic E-state index is 12.7. The number of aromatic amines is 1. The molecule has 2 aliphatic rings. The molecule has 2 aliphatic heterocycles. The molecule has 2 saturated heterocycles. The highest BCUT2D eigenvalue weighted by atomic mass is 16.5. The van der Waals surface area contributed by atoms with Gasteiger partial charge >= 0.3 is 0 Å². The van der Waals surface area contributed by atoms with E-state index < -0.39 is 0 Å². The number of nitrogens with zero attached hydrogens (tertiary/aromatic N) is 2. The van der Waals surface area contributed by atoms with Crippen molar-refractivity contribution < 1.29 is 14.3 Å². The van der Waals surface area contributed by atoms with Gasteiger partial charge in [0, 0.05) is 25.6 Å². The number of carbonyl (C=O) groups excluding carboxylic acids is 1. The standard InChI is InChI=1S/C14H21N3O3/c1-9-6-17(7-10(2)20-9)14(18)12-5-15-16-13(12)11-3-4-19-8-11/h5,9-11H,3-4,6-8H2,1-2H3,(H,15,16)/t9-,10-,11+/m1/s1. The fraction of sp³-hybridized carbons (Fsp3) is 0.714. The highest BCUT2D eigenvalue weighted by molar-refractivity contribution is 5.95. The van der Waals surface area contributed by atoms with Crippen molar-refractivity contribution >= 4 is 5.91 Å². The zero-order valence-electron chi connectivity index (χ0n) is 12.0. The summed E-state index contributed by atoms with van der Waals surface area (Å²) in [6.07, 6.45) is 2.74. The van der Waals surface area contributed by atoms with Crippen LogP contribution in [0.25, 0.3) is 0 Å². The summed E-state index contributed by atoms with van der Waals surface area (Å²) in [4.78, 5) is 14.6. The van der Waals surface area contributed by atoms with Gasteiger partial charge in [0.2, 0.25) is 0 Å². The molecule has 6 nitrogen and oxygen atoms in total. The van der Waals surface area contributed by atoms with Crippen molar-refractivity contribution in [1.82, 2.24) is 15.1 Å². The zero-order chi connectivity index (χ0) is 14.1. The van der Waals surface area contributed by atoms with Gasteiger partial charge in [-0.25, -0.2) is 0 Å². The lowest BCUT2D eigenvalue weighted by atomic mass is 10.0. The first-order chi connectivity index (χ1) is 9.65. The number of hydrogen-bond acceptors (Lipinski definition) is 4. The number of amides is 1. The molecule has 0 aromatic carbocycles. The molecular weight excluding hydrogens is 258 g/mol. The Hall–Kier alpha value is -1.40. The highest BCUT2D eigenvalue weighted by Crippen LogP contribution is 2.27. The van der Waals surface area contributed by atoms with E-state index in [1.54, 1.807) is 6.20 Å². The Morgan fingerprint density at radius 2 is 2.15 bits per heavy atom. The average Bonchev–Trinajstić information content (AvgIpc) is 3.07. The number of morpholine rings is 1. The molecule has 0 unspecified atom stereocenters. The molecular formula is C14H21N3O3. The van der Waals surface area contributed by atoms with Crippen LogP contribution in [0.3, 0.4) is 0 Å². The molecule has 3 atom stereocenters. The first kappa shape index (κ1) is 13.6. The van der Waals surface area contributed by atoms with Gasteiger partial charge < -0.3 is 14.4 Å². The van der Waals surface area contributed by atoms with E-state index in [0.717, 1.165) is 18.7 Å². The van der Waals surface area contributed by atoms with Crippen LogP contribution in [-0.2, 0) is 9.47 Å². The van der Waals surface area contributed by atoms with Crippen molar-refractivity contribution in [1.29, 1.82) is 0 Å². The van der Waals surface area contributed by atoms with Crippen molar-refractivity contribution in [2.45, 2.75) is 38.4 Å².